The van der Waals surface area contributed by atoms with Crippen LogP contribution in [-0.4, -0.2) is 9.97 Å². The molecular weight excluding hydrogens is 234 g/mol. The Bertz CT molecular complexity index is 457. The van der Waals surface area contributed by atoms with E-state index in [1.807, 2.05) is 6.92 Å². The fourth-order valence-electron chi connectivity index (χ4n) is 5.41. The van der Waals surface area contributed by atoms with E-state index in [1.54, 1.807) is 6.33 Å². The molecule has 4 bridgehead atoms. The molecule has 1 heterocycles. The Morgan fingerprint density at radius 2 is 1.68 bits per heavy atom. The summed E-state index contributed by atoms with van der Waals surface area (Å²) in [5, 5.41) is 0. The van der Waals surface area contributed by atoms with Crippen molar-refractivity contribution < 1.29 is 0 Å². The van der Waals surface area contributed by atoms with Gasteiger partial charge in [0.15, 0.2) is 0 Å². The highest BCUT2D eigenvalue weighted by Crippen LogP contribution is 2.58. The normalized spacial score (nSPS) is 41.5. The van der Waals surface area contributed by atoms with Gasteiger partial charge in [-0.3, -0.25) is 0 Å². The number of hydrogen-bond donors (Lipinski definition) is 1. The topological polar surface area (TPSA) is 51.8 Å². The minimum atomic E-state index is 0.122. The second-order valence-corrected chi connectivity index (χ2v) is 7.12. The average Bonchev–Trinajstić information content (AvgIpc) is 2.37. The molecule has 4 fully saturated rings. The SMILES string of the molecule is Cc1cc(C(N)C2C3CC4CC(C3)CC2C4)ncn1. The van der Waals surface area contributed by atoms with Gasteiger partial charge in [0.25, 0.3) is 0 Å². The van der Waals surface area contributed by atoms with E-state index in [4.69, 9.17) is 5.73 Å². The lowest BCUT2D eigenvalue weighted by Crippen LogP contribution is -2.48. The third kappa shape index (κ3) is 1.90. The van der Waals surface area contributed by atoms with Crippen LogP contribution in [0.25, 0.3) is 0 Å². The summed E-state index contributed by atoms with van der Waals surface area (Å²) in [5.41, 5.74) is 8.69. The number of hydrogen-bond acceptors (Lipinski definition) is 3. The highest BCUT2D eigenvalue weighted by atomic mass is 14.9. The van der Waals surface area contributed by atoms with E-state index in [2.05, 4.69) is 16.0 Å². The van der Waals surface area contributed by atoms with Gasteiger partial charge in [-0.2, -0.15) is 0 Å². The molecule has 0 radical (unpaired) electrons. The first-order chi connectivity index (χ1) is 9.20. The van der Waals surface area contributed by atoms with Crippen molar-refractivity contribution in [2.45, 2.75) is 45.1 Å². The van der Waals surface area contributed by atoms with E-state index in [1.165, 1.54) is 32.1 Å². The molecule has 4 saturated carbocycles. The zero-order chi connectivity index (χ0) is 13.0. The van der Waals surface area contributed by atoms with Crippen LogP contribution in [0.3, 0.4) is 0 Å². The summed E-state index contributed by atoms with van der Waals surface area (Å²) in [6.07, 6.45) is 8.87. The minimum Gasteiger partial charge on any atom is -0.322 e. The van der Waals surface area contributed by atoms with E-state index in [9.17, 15) is 0 Å². The summed E-state index contributed by atoms with van der Waals surface area (Å²) in [5.74, 6) is 4.42. The van der Waals surface area contributed by atoms with Crippen molar-refractivity contribution >= 4 is 0 Å². The zero-order valence-corrected chi connectivity index (χ0v) is 11.6. The number of rotatable bonds is 2. The van der Waals surface area contributed by atoms with Gasteiger partial charge in [0.1, 0.15) is 6.33 Å². The maximum atomic E-state index is 6.60. The Morgan fingerprint density at radius 3 is 2.26 bits per heavy atom. The van der Waals surface area contributed by atoms with Crippen molar-refractivity contribution in [2.24, 2.45) is 35.3 Å². The quantitative estimate of drug-likeness (QED) is 0.886. The molecule has 1 unspecified atom stereocenters. The Kier molecular flexibility index (Phi) is 2.66. The maximum absolute atomic E-state index is 6.60. The summed E-state index contributed by atoms with van der Waals surface area (Å²) in [4.78, 5) is 8.63. The number of nitrogens with zero attached hydrogens (tertiary/aromatic N) is 2. The van der Waals surface area contributed by atoms with Crippen molar-refractivity contribution in [1.29, 1.82) is 0 Å². The van der Waals surface area contributed by atoms with Crippen molar-refractivity contribution in [1.82, 2.24) is 9.97 Å². The predicted molar refractivity (Wildman–Crippen MR) is 74.2 cm³/mol. The first-order valence-electron chi connectivity index (χ1n) is 7.75. The second-order valence-electron chi connectivity index (χ2n) is 7.12. The third-order valence-corrected chi connectivity index (χ3v) is 5.88. The van der Waals surface area contributed by atoms with Crippen molar-refractivity contribution in [2.75, 3.05) is 0 Å². The van der Waals surface area contributed by atoms with Crippen molar-refractivity contribution in [3.05, 3.63) is 23.8 Å². The van der Waals surface area contributed by atoms with Gasteiger partial charge in [-0.15, -0.1) is 0 Å². The Balaban J connectivity index is 1.62. The molecule has 102 valence electrons. The van der Waals surface area contributed by atoms with E-state index in [0.29, 0.717) is 5.92 Å². The van der Waals surface area contributed by atoms with Gasteiger partial charge in [-0.25, -0.2) is 9.97 Å². The van der Waals surface area contributed by atoms with Gasteiger partial charge in [0, 0.05) is 5.69 Å². The summed E-state index contributed by atoms with van der Waals surface area (Å²) in [6.45, 7) is 2.02. The highest BCUT2D eigenvalue weighted by Gasteiger charge is 2.50. The van der Waals surface area contributed by atoms with E-state index < -0.39 is 0 Å². The van der Waals surface area contributed by atoms with Gasteiger partial charge >= 0.3 is 0 Å². The largest absolute Gasteiger partial charge is 0.322 e. The van der Waals surface area contributed by atoms with Crippen LogP contribution in [-0.2, 0) is 0 Å². The van der Waals surface area contributed by atoms with Gasteiger partial charge in [0.2, 0.25) is 0 Å². The minimum absolute atomic E-state index is 0.122. The molecule has 3 nitrogen and oxygen atoms in total. The zero-order valence-electron chi connectivity index (χ0n) is 11.6. The number of aryl methyl sites for hydroxylation is 1. The van der Waals surface area contributed by atoms with Crippen LogP contribution in [0.1, 0.15) is 49.5 Å². The molecule has 1 aromatic heterocycles. The molecule has 0 saturated heterocycles. The number of nitrogens with two attached hydrogens (primary N) is 1. The van der Waals surface area contributed by atoms with E-state index in [0.717, 1.165) is 35.1 Å². The lowest BCUT2D eigenvalue weighted by Gasteiger charge is -2.55. The van der Waals surface area contributed by atoms with Crippen LogP contribution < -0.4 is 5.73 Å². The van der Waals surface area contributed by atoms with Gasteiger partial charge in [0.05, 0.1) is 11.7 Å². The van der Waals surface area contributed by atoms with Crippen molar-refractivity contribution in [3.8, 4) is 0 Å². The smallest absolute Gasteiger partial charge is 0.115 e. The molecular formula is C16H23N3. The Morgan fingerprint density at radius 1 is 1.05 bits per heavy atom. The number of aromatic nitrogens is 2. The molecule has 2 N–H and O–H groups in total. The van der Waals surface area contributed by atoms with Crippen LogP contribution in [0.4, 0.5) is 0 Å². The molecule has 0 aliphatic heterocycles. The first kappa shape index (κ1) is 11.8. The van der Waals surface area contributed by atoms with E-state index in [-0.39, 0.29) is 6.04 Å². The van der Waals surface area contributed by atoms with Gasteiger partial charge < -0.3 is 5.73 Å². The summed E-state index contributed by atoms with van der Waals surface area (Å²) in [6, 6.07) is 2.20. The summed E-state index contributed by atoms with van der Waals surface area (Å²) < 4.78 is 0. The van der Waals surface area contributed by atoms with Crippen LogP contribution in [0, 0.1) is 36.5 Å². The first-order valence-corrected chi connectivity index (χ1v) is 7.75. The molecule has 3 heteroatoms. The molecule has 0 spiro atoms. The molecule has 0 aromatic carbocycles. The molecule has 1 atom stereocenters. The highest BCUT2D eigenvalue weighted by molar-refractivity contribution is 5.14. The second kappa shape index (κ2) is 4.27. The molecule has 19 heavy (non-hydrogen) atoms. The fourth-order valence-corrected chi connectivity index (χ4v) is 5.41. The summed E-state index contributed by atoms with van der Waals surface area (Å²) >= 11 is 0. The van der Waals surface area contributed by atoms with Crippen LogP contribution in [0.2, 0.25) is 0 Å². The monoisotopic (exact) mass is 257 g/mol. The van der Waals surface area contributed by atoms with E-state index >= 15 is 0 Å². The molecule has 4 aliphatic carbocycles. The fraction of sp³-hybridized carbons (Fsp3) is 0.750. The van der Waals surface area contributed by atoms with Crippen LogP contribution >= 0.6 is 0 Å². The molecule has 1 aromatic rings. The van der Waals surface area contributed by atoms with Crippen LogP contribution in [0.5, 0.6) is 0 Å². The average molecular weight is 257 g/mol. The van der Waals surface area contributed by atoms with Gasteiger partial charge in [-0.1, -0.05) is 0 Å². The predicted octanol–water partition coefficient (Wildman–Crippen LogP) is 2.86. The van der Waals surface area contributed by atoms with Gasteiger partial charge in [-0.05, 0) is 74.7 Å². The molecule has 0 amide bonds. The lowest BCUT2D eigenvalue weighted by molar-refractivity contribution is -0.0476. The lowest BCUT2D eigenvalue weighted by atomic mass is 9.50. The van der Waals surface area contributed by atoms with Crippen LogP contribution in [0.15, 0.2) is 12.4 Å². The van der Waals surface area contributed by atoms with Crippen molar-refractivity contribution in [3.63, 3.8) is 0 Å². The maximum Gasteiger partial charge on any atom is 0.115 e. The Hall–Kier alpha value is -0.960. The Labute approximate surface area is 115 Å². The standard InChI is InChI=1S/C16H23N3/c1-9-2-14(19-8-18-9)16(17)15-12-4-10-3-11(6-12)7-13(15)5-10/h2,8,10-13,15-16H,3-7,17H2,1H3. The molecule has 5 rings (SSSR count). The third-order valence-electron chi connectivity index (χ3n) is 5.88. The summed E-state index contributed by atoms with van der Waals surface area (Å²) in [7, 11) is 0. The molecule has 4 aliphatic rings.